The van der Waals surface area contributed by atoms with E-state index in [-0.39, 0.29) is 37.6 Å². The van der Waals surface area contributed by atoms with E-state index < -0.39 is 38.6 Å². The normalized spacial score (nSPS) is 17.3. The second-order valence-corrected chi connectivity index (χ2v) is 13.4. The summed E-state index contributed by atoms with van der Waals surface area (Å²) < 4.78 is 61.6. The lowest BCUT2D eigenvalue weighted by atomic mass is 10.1. The number of ether oxygens (including phenoxy) is 2. The summed E-state index contributed by atoms with van der Waals surface area (Å²) >= 11 is 7.33. The number of carbonyl (C=O) groups excluding carboxylic acids is 2. The van der Waals surface area contributed by atoms with Crippen LogP contribution in [-0.2, 0) is 30.8 Å². The molecular formula is C27H30ClFN4O7S2. The number of amides is 2. The monoisotopic (exact) mass is 640 g/mol. The summed E-state index contributed by atoms with van der Waals surface area (Å²) in [4.78, 5) is 29.3. The lowest BCUT2D eigenvalue weighted by Crippen LogP contribution is -2.50. The summed E-state index contributed by atoms with van der Waals surface area (Å²) in [6.07, 6.45) is 3.42. The zero-order valence-corrected chi connectivity index (χ0v) is 25.2. The van der Waals surface area contributed by atoms with Crippen LogP contribution in [0.5, 0.6) is 5.75 Å². The quantitative estimate of drug-likeness (QED) is 0.373. The van der Waals surface area contributed by atoms with Crippen molar-refractivity contribution in [3.63, 3.8) is 0 Å². The van der Waals surface area contributed by atoms with Gasteiger partial charge in [-0.2, -0.15) is 4.72 Å². The highest BCUT2D eigenvalue weighted by Gasteiger charge is 2.35. The standard InChI is InChI=1S/C27H30ClFN4O7S2/c1-38-26-20(33-10-11-39-16-25(33)34)12-17(29)13-23(26)42(36,37)31-19(27(35)32-8-4-2-3-5-9-32)14-18-15-21(40-30-18)22-6-7-24(28)41-22/h6-7,12-13,15,19,31H,2-5,8-11,14,16H2,1H3/t19-/m0/s1. The van der Waals surface area contributed by atoms with Crippen molar-refractivity contribution in [1.82, 2.24) is 14.8 Å². The predicted octanol–water partition coefficient (Wildman–Crippen LogP) is 3.86. The lowest BCUT2D eigenvalue weighted by molar-refractivity contribution is -0.133. The molecule has 42 heavy (non-hydrogen) atoms. The molecule has 4 heterocycles. The third-order valence-corrected chi connectivity index (χ3v) is 9.79. The van der Waals surface area contributed by atoms with Crippen molar-refractivity contribution in [2.75, 3.05) is 44.9 Å². The first-order valence-corrected chi connectivity index (χ1v) is 16.1. The summed E-state index contributed by atoms with van der Waals surface area (Å²) in [7, 11) is -3.33. The third-order valence-electron chi connectivity index (χ3n) is 7.07. The highest BCUT2D eigenvalue weighted by molar-refractivity contribution is 7.89. The lowest BCUT2D eigenvalue weighted by Gasteiger charge is -2.29. The van der Waals surface area contributed by atoms with Crippen LogP contribution in [0, 0.1) is 5.82 Å². The van der Waals surface area contributed by atoms with Gasteiger partial charge in [0.25, 0.3) is 5.91 Å². The Labute approximate surface area is 251 Å². The Morgan fingerprint density at radius 1 is 1.19 bits per heavy atom. The van der Waals surface area contributed by atoms with Crippen LogP contribution in [0.2, 0.25) is 4.34 Å². The number of morpholine rings is 1. The van der Waals surface area contributed by atoms with Gasteiger partial charge in [-0.25, -0.2) is 12.8 Å². The van der Waals surface area contributed by atoms with E-state index in [4.69, 9.17) is 25.6 Å². The van der Waals surface area contributed by atoms with Gasteiger partial charge in [-0.05, 0) is 31.0 Å². The number of nitrogens with zero attached hydrogens (tertiary/aromatic N) is 3. The zero-order chi connectivity index (χ0) is 29.9. The largest absolute Gasteiger partial charge is 0.493 e. The maximum Gasteiger partial charge on any atom is 0.253 e. The molecule has 0 aliphatic carbocycles. The number of hydrogen-bond donors (Lipinski definition) is 1. The smallest absolute Gasteiger partial charge is 0.253 e. The fraction of sp³-hybridized carbons (Fsp3) is 0.444. The minimum Gasteiger partial charge on any atom is -0.493 e. The van der Waals surface area contributed by atoms with Crippen molar-refractivity contribution in [2.45, 2.75) is 43.0 Å². The van der Waals surface area contributed by atoms with E-state index in [9.17, 15) is 22.4 Å². The van der Waals surface area contributed by atoms with Gasteiger partial charge in [0.1, 0.15) is 23.4 Å². The van der Waals surface area contributed by atoms with E-state index >= 15 is 0 Å². The van der Waals surface area contributed by atoms with Gasteiger partial charge in [0.15, 0.2) is 11.5 Å². The van der Waals surface area contributed by atoms with Gasteiger partial charge in [0, 0.05) is 38.2 Å². The molecule has 2 saturated heterocycles. The Bertz CT molecular complexity index is 1550. The predicted molar refractivity (Wildman–Crippen MR) is 154 cm³/mol. The molecule has 2 aromatic heterocycles. The number of thiophene rings is 1. The number of aromatic nitrogens is 1. The van der Waals surface area contributed by atoms with E-state index in [0.29, 0.717) is 28.9 Å². The van der Waals surface area contributed by atoms with E-state index in [1.165, 1.54) is 23.3 Å². The van der Waals surface area contributed by atoms with Gasteiger partial charge in [0.2, 0.25) is 15.9 Å². The third kappa shape index (κ3) is 6.78. The maximum absolute atomic E-state index is 14.9. The van der Waals surface area contributed by atoms with E-state index in [2.05, 4.69) is 9.88 Å². The van der Waals surface area contributed by atoms with Crippen LogP contribution in [0.15, 0.2) is 39.8 Å². The summed E-state index contributed by atoms with van der Waals surface area (Å²) in [6.45, 7) is 1.02. The van der Waals surface area contributed by atoms with Crippen molar-refractivity contribution in [3.05, 3.63) is 46.2 Å². The molecule has 2 amide bonds. The molecule has 1 atom stereocenters. The van der Waals surface area contributed by atoms with Crippen LogP contribution in [0.4, 0.5) is 10.1 Å². The number of anilines is 1. The number of likely N-dealkylation sites (tertiary alicyclic amines) is 1. The number of halogens is 2. The van der Waals surface area contributed by atoms with Gasteiger partial charge in [-0.3, -0.25) is 9.59 Å². The Hall–Kier alpha value is -3.04. The Morgan fingerprint density at radius 2 is 1.95 bits per heavy atom. The molecular weight excluding hydrogens is 611 g/mol. The highest BCUT2D eigenvalue weighted by atomic mass is 35.5. The first kappa shape index (κ1) is 30.4. The van der Waals surface area contributed by atoms with Gasteiger partial charge >= 0.3 is 0 Å². The molecule has 0 spiro atoms. The topological polar surface area (TPSA) is 131 Å². The molecule has 3 aromatic rings. The van der Waals surface area contributed by atoms with Crippen molar-refractivity contribution in [2.24, 2.45) is 0 Å². The van der Waals surface area contributed by atoms with Crippen LogP contribution < -0.4 is 14.4 Å². The Morgan fingerprint density at radius 3 is 2.62 bits per heavy atom. The van der Waals surface area contributed by atoms with Crippen LogP contribution in [0.25, 0.3) is 10.6 Å². The molecule has 2 aliphatic heterocycles. The Balaban J connectivity index is 1.48. The fourth-order valence-corrected chi connectivity index (χ4v) is 7.43. The molecule has 1 N–H and O–H groups in total. The Kier molecular flexibility index (Phi) is 9.47. The molecule has 2 fully saturated rings. The van der Waals surface area contributed by atoms with Crippen molar-refractivity contribution in [1.29, 1.82) is 0 Å². The summed E-state index contributed by atoms with van der Waals surface area (Å²) in [5.41, 5.74) is 0.300. The molecule has 226 valence electrons. The molecule has 15 heteroatoms. The number of hydrogen-bond acceptors (Lipinski definition) is 9. The second-order valence-electron chi connectivity index (χ2n) is 9.96. The zero-order valence-electron chi connectivity index (χ0n) is 22.8. The van der Waals surface area contributed by atoms with Crippen molar-refractivity contribution >= 4 is 50.5 Å². The molecule has 11 nitrogen and oxygen atoms in total. The molecule has 0 unspecified atom stereocenters. The van der Waals surface area contributed by atoms with E-state index in [1.54, 1.807) is 23.1 Å². The summed E-state index contributed by atoms with van der Waals surface area (Å²) in [5, 5.41) is 4.06. The van der Waals surface area contributed by atoms with Crippen molar-refractivity contribution < 1.29 is 36.4 Å². The van der Waals surface area contributed by atoms with Crippen LogP contribution in [0.3, 0.4) is 0 Å². The first-order chi connectivity index (χ1) is 20.2. The molecule has 0 saturated carbocycles. The second kappa shape index (κ2) is 13.1. The van der Waals surface area contributed by atoms with Crippen LogP contribution >= 0.6 is 22.9 Å². The number of methoxy groups -OCH3 is 1. The molecule has 1 aromatic carbocycles. The van der Waals surface area contributed by atoms with Gasteiger partial charge in [0.05, 0.1) is 34.3 Å². The molecule has 0 radical (unpaired) electrons. The number of nitrogens with one attached hydrogen (secondary N) is 1. The minimum atomic E-state index is -4.56. The van der Waals surface area contributed by atoms with Crippen molar-refractivity contribution in [3.8, 4) is 16.4 Å². The molecule has 0 bridgehead atoms. The molecule has 5 rings (SSSR count). The van der Waals surface area contributed by atoms with Gasteiger partial charge in [-0.15, -0.1) is 11.3 Å². The van der Waals surface area contributed by atoms with Crippen LogP contribution in [0.1, 0.15) is 31.4 Å². The number of benzene rings is 1. The number of sulfonamides is 1. The van der Waals surface area contributed by atoms with Crippen LogP contribution in [-0.4, -0.2) is 76.3 Å². The SMILES string of the molecule is COc1c(N2CCOCC2=O)cc(F)cc1S(=O)(=O)N[C@@H](Cc1cc(-c2ccc(Cl)s2)on1)C(=O)N1CCCCCC1. The summed E-state index contributed by atoms with van der Waals surface area (Å²) in [6, 6.07) is 5.68. The fourth-order valence-electron chi connectivity index (χ4n) is 5.05. The van der Waals surface area contributed by atoms with E-state index in [0.717, 1.165) is 42.7 Å². The molecule has 2 aliphatic rings. The number of carbonyl (C=O) groups is 2. The van der Waals surface area contributed by atoms with E-state index in [1.807, 2.05) is 0 Å². The minimum absolute atomic E-state index is 0.0441. The average molecular weight is 641 g/mol. The number of rotatable bonds is 9. The van der Waals surface area contributed by atoms with Gasteiger partial charge < -0.3 is 23.8 Å². The summed E-state index contributed by atoms with van der Waals surface area (Å²) in [5.74, 6) is -1.58. The van der Waals surface area contributed by atoms with Gasteiger partial charge in [-0.1, -0.05) is 29.6 Å². The highest BCUT2D eigenvalue weighted by Crippen LogP contribution is 2.37. The maximum atomic E-state index is 14.9. The average Bonchev–Trinajstić information content (AvgIpc) is 3.52. The first-order valence-electron chi connectivity index (χ1n) is 13.4.